The smallest absolute Gasteiger partial charge is 0.315 e. The van der Waals surface area contributed by atoms with E-state index in [1.165, 1.54) is 19.3 Å². The Morgan fingerprint density at radius 3 is 2.29 bits per heavy atom. The highest BCUT2D eigenvalue weighted by Gasteiger charge is 2.56. The summed E-state index contributed by atoms with van der Waals surface area (Å²) in [5.41, 5.74) is 9.82. The van der Waals surface area contributed by atoms with E-state index in [1.807, 2.05) is 30.3 Å². The molecular weight excluding hydrogens is 302 g/mol. The highest BCUT2D eigenvalue weighted by atomic mass is 16.5. The first kappa shape index (κ1) is 15.5. The number of carbonyl (C=O) groups excluding carboxylic acids is 1. The van der Waals surface area contributed by atoms with Crippen molar-refractivity contribution in [2.45, 2.75) is 51.2 Å². The molecule has 0 heterocycles. The fourth-order valence-electron chi connectivity index (χ4n) is 5.79. The van der Waals surface area contributed by atoms with E-state index >= 15 is 0 Å². The van der Waals surface area contributed by atoms with Crippen LogP contribution in [-0.2, 0) is 16.1 Å². The summed E-state index contributed by atoms with van der Waals surface area (Å²) in [6.45, 7) is 0.240. The SMILES string of the molecule is [N-]=[N+]=N[C@H](C(=O)OCc1ccccc1)C12CC3CC(CC(C3)C1)C2. The lowest BCUT2D eigenvalue weighted by atomic mass is 9.48. The molecule has 24 heavy (non-hydrogen) atoms. The van der Waals surface area contributed by atoms with Crippen molar-refractivity contribution in [2.75, 3.05) is 0 Å². The van der Waals surface area contributed by atoms with Crippen LogP contribution in [0.4, 0.5) is 0 Å². The largest absolute Gasteiger partial charge is 0.460 e. The van der Waals surface area contributed by atoms with Crippen molar-refractivity contribution in [3.8, 4) is 0 Å². The predicted molar refractivity (Wildman–Crippen MR) is 89.8 cm³/mol. The lowest BCUT2D eigenvalue weighted by Crippen LogP contribution is -2.53. The molecule has 1 atom stereocenters. The van der Waals surface area contributed by atoms with Gasteiger partial charge in [-0.15, -0.1) is 0 Å². The van der Waals surface area contributed by atoms with Crippen molar-refractivity contribution in [2.24, 2.45) is 28.3 Å². The molecule has 1 aromatic rings. The van der Waals surface area contributed by atoms with Gasteiger partial charge in [0.05, 0.1) is 0 Å². The first-order valence-corrected chi connectivity index (χ1v) is 8.93. The molecule has 4 saturated carbocycles. The normalized spacial score (nSPS) is 34.4. The van der Waals surface area contributed by atoms with Gasteiger partial charge in [-0.3, -0.25) is 4.79 Å². The van der Waals surface area contributed by atoms with Crippen molar-refractivity contribution in [1.82, 2.24) is 0 Å². The van der Waals surface area contributed by atoms with E-state index in [0.717, 1.165) is 24.8 Å². The van der Waals surface area contributed by atoms with Crippen LogP contribution in [0, 0.1) is 23.2 Å². The van der Waals surface area contributed by atoms with E-state index in [9.17, 15) is 4.79 Å². The predicted octanol–water partition coefficient (Wildman–Crippen LogP) is 4.63. The number of hydrogen-bond acceptors (Lipinski definition) is 3. The Labute approximate surface area is 142 Å². The fourth-order valence-corrected chi connectivity index (χ4v) is 5.79. The number of carbonyl (C=O) groups is 1. The third-order valence-electron chi connectivity index (χ3n) is 6.28. The summed E-state index contributed by atoms with van der Waals surface area (Å²) in [6.07, 6.45) is 6.93. The molecule has 0 saturated heterocycles. The molecule has 0 spiro atoms. The third kappa shape index (κ3) is 2.78. The Morgan fingerprint density at radius 2 is 1.75 bits per heavy atom. The molecule has 4 fully saturated rings. The minimum absolute atomic E-state index is 0.158. The van der Waals surface area contributed by atoms with Crippen LogP contribution in [-0.4, -0.2) is 12.0 Å². The van der Waals surface area contributed by atoms with Crippen molar-refractivity contribution in [3.05, 3.63) is 46.3 Å². The topological polar surface area (TPSA) is 75.1 Å². The molecule has 4 aliphatic carbocycles. The Balaban J connectivity index is 1.51. The number of esters is 1. The van der Waals surface area contributed by atoms with Gasteiger partial charge >= 0.3 is 5.97 Å². The number of benzene rings is 1. The van der Waals surface area contributed by atoms with Crippen LogP contribution in [0.25, 0.3) is 10.4 Å². The van der Waals surface area contributed by atoms with Gasteiger partial charge in [0.25, 0.3) is 0 Å². The summed E-state index contributed by atoms with van der Waals surface area (Å²) < 4.78 is 5.53. The number of rotatable bonds is 5. The van der Waals surface area contributed by atoms with Crippen molar-refractivity contribution in [1.29, 1.82) is 0 Å². The van der Waals surface area contributed by atoms with Gasteiger partial charge in [-0.2, -0.15) is 0 Å². The maximum absolute atomic E-state index is 12.7. The van der Waals surface area contributed by atoms with Crippen molar-refractivity contribution >= 4 is 5.97 Å². The number of ether oxygens (including phenoxy) is 1. The monoisotopic (exact) mass is 325 g/mol. The van der Waals surface area contributed by atoms with Crippen LogP contribution in [0.5, 0.6) is 0 Å². The minimum Gasteiger partial charge on any atom is -0.460 e. The summed E-state index contributed by atoms with van der Waals surface area (Å²) >= 11 is 0. The summed E-state index contributed by atoms with van der Waals surface area (Å²) in [5.74, 6) is 1.76. The second-order valence-electron chi connectivity index (χ2n) is 7.98. The standard InChI is InChI=1S/C19H23N3O2/c20-22-21-17(18(23)24-12-13-4-2-1-3-5-13)19-9-14-6-15(10-19)8-16(7-14)11-19/h1-5,14-17H,6-12H2/t14?,15?,16?,17-,19?/m1/s1. The van der Waals surface area contributed by atoms with E-state index in [4.69, 9.17) is 10.3 Å². The van der Waals surface area contributed by atoms with E-state index in [0.29, 0.717) is 17.8 Å². The maximum atomic E-state index is 12.7. The molecular formula is C19H23N3O2. The molecule has 0 N–H and O–H groups in total. The zero-order valence-corrected chi connectivity index (χ0v) is 13.8. The molecule has 5 nitrogen and oxygen atoms in total. The molecule has 1 aromatic carbocycles. The highest BCUT2D eigenvalue weighted by Crippen LogP contribution is 2.62. The van der Waals surface area contributed by atoms with Gasteiger partial charge in [0, 0.05) is 4.91 Å². The van der Waals surface area contributed by atoms with E-state index in [1.54, 1.807) is 0 Å². The second-order valence-corrected chi connectivity index (χ2v) is 7.98. The number of nitrogens with zero attached hydrogens (tertiary/aromatic N) is 3. The van der Waals surface area contributed by atoms with Crippen LogP contribution in [0.2, 0.25) is 0 Å². The first-order chi connectivity index (χ1) is 11.7. The molecule has 126 valence electrons. The van der Waals surface area contributed by atoms with Gasteiger partial charge in [-0.25, -0.2) is 0 Å². The molecule has 0 amide bonds. The van der Waals surface area contributed by atoms with E-state index in [-0.39, 0.29) is 18.0 Å². The zero-order valence-electron chi connectivity index (χ0n) is 13.8. The molecule has 4 bridgehead atoms. The summed E-state index contributed by atoms with van der Waals surface area (Å²) in [5, 5.41) is 3.93. The molecule has 5 rings (SSSR count). The van der Waals surface area contributed by atoms with E-state index in [2.05, 4.69) is 10.0 Å². The van der Waals surface area contributed by atoms with Crippen molar-refractivity contribution < 1.29 is 9.53 Å². The van der Waals surface area contributed by atoms with E-state index < -0.39 is 6.04 Å². The fraction of sp³-hybridized carbons (Fsp3) is 0.632. The van der Waals surface area contributed by atoms with Crippen LogP contribution in [0.15, 0.2) is 35.4 Å². The van der Waals surface area contributed by atoms with Gasteiger partial charge in [0.2, 0.25) is 0 Å². The van der Waals surface area contributed by atoms with Gasteiger partial charge < -0.3 is 4.74 Å². The molecule has 0 aromatic heterocycles. The van der Waals surface area contributed by atoms with Gasteiger partial charge in [0.1, 0.15) is 12.6 Å². The lowest BCUT2D eigenvalue weighted by molar-refractivity contribution is -0.156. The Morgan fingerprint density at radius 1 is 1.17 bits per heavy atom. The zero-order chi connectivity index (χ0) is 16.6. The van der Waals surface area contributed by atoms with Crippen LogP contribution in [0.1, 0.15) is 44.1 Å². The van der Waals surface area contributed by atoms with Crippen LogP contribution < -0.4 is 0 Å². The molecule has 4 aliphatic rings. The summed E-state index contributed by atoms with van der Waals surface area (Å²) in [4.78, 5) is 15.7. The van der Waals surface area contributed by atoms with Gasteiger partial charge in [-0.1, -0.05) is 35.4 Å². The molecule has 0 radical (unpaired) electrons. The summed E-state index contributed by atoms with van der Waals surface area (Å²) in [7, 11) is 0. The number of azide groups is 1. The lowest BCUT2D eigenvalue weighted by Gasteiger charge is -2.58. The van der Waals surface area contributed by atoms with Crippen LogP contribution in [0.3, 0.4) is 0 Å². The summed E-state index contributed by atoms with van der Waals surface area (Å²) in [6, 6.07) is 8.98. The second kappa shape index (κ2) is 6.14. The maximum Gasteiger partial charge on any atom is 0.315 e. The van der Waals surface area contributed by atoms with Gasteiger partial charge in [0.15, 0.2) is 0 Å². The Bertz CT molecular complexity index is 631. The Kier molecular flexibility index (Phi) is 3.97. The minimum atomic E-state index is -0.667. The Hall–Kier alpha value is -2.00. The quantitative estimate of drug-likeness (QED) is 0.343. The highest BCUT2D eigenvalue weighted by molar-refractivity contribution is 5.77. The van der Waals surface area contributed by atoms with Crippen molar-refractivity contribution in [3.63, 3.8) is 0 Å². The molecule has 0 aliphatic heterocycles. The average Bonchev–Trinajstić information content (AvgIpc) is 2.57. The first-order valence-electron chi connectivity index (χ1n) is 8.93. The van der Waals surface area contributed by atoms with Gasteiger partial charge in [-0.05, 0) is 72.8 Å². The molecule has 5 heteroatoms. The average molecular weight is 325 g/mol. The number of hydrogen-bond donors (Lipinski definition) is 0. The molecule has 0 unspecified atom stereocenters. The third-order valence-corrected chi connectivity index (χ3v) is 6.28. The van der Waals surface area contributed by atoms with Crippen LogP contribution >= 0.6 is 0 Å².